The Morgan fingerprint density at radius 3 is 2.39 bits per heavy atom. The fourth-order valence-electron chi connectivity index (χ4n) is 1.43. The number of halogens is 3. The highest BCUT2D eigenvalue weighted by Crippen LogP contribution is 2.33. The summed E-state index contributed by atoms with van der Waals surface area (Å²) in [6.07, 6.45) is 0. The summed E-state index contributed by atoms with van der Waals surface area (Å²) in [4.78, 5) is 0. The molecular formula is C13H10Br2FNO. The molecule has 0 spiro atoms. The van der Waals surface area contributed by atoms with Gasteiger partial charge in [-0.2, -0.15) is 0 Å². The van der Waals surface area contributed by atoms with Crippen LogP contribution in [0.1, 0.15) is 5.56 Å². The van der Waals surface area contributed by atoms with Gasteiger partial charge in [-0.25, -0.2) is 4.39 Å². The maximum Gasteiger partial charge on any atom is 0.166 e. The quantitative estimate of drug-likeness (QED) is 0.851. The summed E-state index contributed by atoms with van der Waals surface area (Å²) in [7, 11) is 0. The lowest BCUT2D eigenvalue weighted by molar-refractivity contribution is 0.439. The fourth-order valence-corrected chi connectivity index (χ4v) is 2.56. The minimum atomic E-state index is -0.423. The van der Waals surface area contributed by atoms with Crippen molar-refractivity contribution in [2.75, 3.05) is 0 Å². The second-order valence-corrected chi connectivity index (χ2v) is 5.42. The van der Waals surface area contributed by atoms with Crippen LogP contribution in [0.5, 0.6) is 11.5 Å². The molecule has 2 nitrogen and oxygen atoms in total. The van der Waals surface area contributed by atoms with E-state index in [1.54, 1.807) is 18.2 Å². The van der Waals surface area contributed by atoms with Crippen molar-refractivity contribution in [3.8, 4) is 11.5 Å². The van der Waals surface area contributed by atoms with Crippen molar-refractivity contribution < 1.29 is 9.13 Å². The number of hydrogen-bond donors (Lipinski definition) is 1. The molecule has 0 radical (unpaired) electrons. The molecule has 0 aliphatic carbocycles. The number of rotatable bonds is 3. The Morgan fingerprint density at radius 2 is 1.78 bits per heavy atom. The summed E-state index contributed by atoms with van der Waals surface area (Å²) in [6.45, 7) is 0.305. The summed E-state index contributed by atoms with van der Waals surface area (Å²) in [5, 5.41) is 0. The highest BCUT2D eigenvalue weighted by Gasteiger charge is 2.08. The number of hydrogen-bond acceptors (Lipinski definition) is 2. The molecule has 2 N–H and O–H groups in total. The topological polar surface area (TPSA) is 35.2 Å². The van der Waals surface area contributed by atoms with Crippen molar-refractivity contribution in [1.82, 2.24) is 0 Å². The summed E-state index contributed by atoms with van der Waals surface area (Å²) in [6, 6.07) is 10.1. The van der Waals surface area contributed by atoms with Gasteiger partial charge in [0.05, 0.1) is 4.47 Å². The van der Waals surface area contributed by atoms with Gasteiger partial charge in [0, 0.05) is 11.0 Å². The van der Waals surface area contributed by atoms with Gasteiger partial charge in [-0.1, -0.05) is 22.0 Å². The molecule has 18 heavy (non-hydrogen) atoms. The largest absolute Gasteiger partial charge is 0.453 e. The molecule has 0 aliphatic rings. The fraction of sp³-hybridized carbons (Fsp3) is 0.0769. The first-order chi connectivity index (χ1) is 8.60. The van der Waals surface area contributed by atoms with Gasteiger partial charge in [-0.05, 0) is 51.8 Å². The van der Waals surface area contributed by atoms with Crippen LogP contribution in [0.4, 0.5) is 4.39 Å². The number of ether oxygens (including phenoxy) is 1. The van der Waals surface area contributed by atoms with Crippen LogP contribution in [0.15, 0.2) is 45.3 Å². The Balaban J connectivity index is 2.28. The molecule has 0 heterocycles. The second kappa shape index (κ2) is 5.82. The third-order valence-electron chi connectivity index (χ3n) is 2.35. The van der Waals surface area contributed by atoms with E-state index in [4.69, 9.17) is 10.5 Å². The van der Waals surface area contributed by atoms with E-state index in [0.717, 1.165) is 14.5 Å². The first-order valence-corrected chi connectivity index (χ1v) is 6.80. The molecule has 2 rings (SSSR count). The van der Waals surface area contributed by atoms with Crippen LogP contribution in [-0.2, 0) is 6.54 Å². The van der Waals surface area contributed by atoms with E-state index in [1.165, 1.54) is 6.07 Å². The monoisotopic (exact) mass is 373 g/mol. The molecule has 0 saturated heterocycles. The van der Waals surface area contributed by atoms with E-state index in [9.17, 15) is 4.39 Å². The van der Waals surface area contributed by atoms with Gasteiger partial charge in [0.15, 0.2) is 11.6 Å². The van der Waals surface area contributed by atoms with Crippen LogP contribution in [0, 0.1) is 5.82 Å². The van der Waals surface area contributed by atoms with Gasteiger partial charge in [-0.15, -0.1) is 0 Å². The zero-order valence-electron chi connectivity index (χ0n) is 9.29. The smallest absolute Gasteiger partial charge is 0.166 e. The Kier molecular flexibility index (Phi) is 4.37. The predicted octanol–water partition coefficient (Wildman–Crippen LogP) is 4.60. The molecule has 0 amide bonds. The van der Waals surface area contributed by atoms with E-state index in [-0.39, 0.29) is 5.75 Å². The highest BCUT2D eigenvalue weighted by atomic mass is 79.9. The lowest BCUT2D eigenvalue weighted by Crippen LogP contribution is -1.97. The molecule has 0 fully saturated rings. The Hall–Kier alpha value is -0.910. The van der Waals surface area contributed by atoms with Crippen molar-refractivity contribution >= 4 is 31.9 Å². The van der Waals surface area contributed by atoms with Crippen LogP contribution in [0.25, 0.3) is 0 Å². The maximum atomic E-state index is 13.7. The van der Waals surface area contributed by atoms with Gasteiger partial charge in [0.25, 0.3) is 0 Å². The molecule has 2 aromatic carbocycles. The van der Waals surface area contributed by atoms with Gasteiger partial charge >= 0.3 is 0 Å². The van der Waals surface area contributed by atoms with Crippen LogP contribution in [0.3, 0.4) is 0 Å². The first-order valence-electron chi connectivity index (χ1n) is 5.21. The van der Waals surface area contributed by atoms with Crippen molar-refractivity contribution in [3.05, 3.63) is 56.7 Å². The Bertz CT molecular complexity index is 575. The minimum absolute atomic E-state index is 0.176. The number of nitrogens with two attached hydrogens (primary N) is 1. The van der Waals surface area contributed by atoms with E-state index in [1.807, 2.05) is 12.1 Å². The second-order valence-electron chi connectivity index (χ2n) is 3.65. The average Bonchev–Trinajstić information content (AvgIpc) is 2.34. The Morgan fingerprint density at radius 1 is 1.06 bits per heavy atom. The van der Waals surface area contributed by atoms with Gasteiger partial charge < -0.3 is 10.5 Å². The van der Waals surface area contributed by atoms with E-state index < -0.39 is 5.82 Å². The van der Waals surface area contributed by atoms with Gasteiger partial charge in [0.2, 0.25) is 0 Å². The SMILES string of the molecule is NCc1ccc(Oc2ccc(Br)cc2Br)c(F)c1. The van der Waals surface area contributed by atoms with Crippen LogP contribution in [-0.4, -0.2) is 0 Å². The van der Waals surface area contributed by atoms with Crippen molar-refractivity contribution in [2.24, 2.45) is 5.73 Å². The number of benzene rings is 2. The van der Waals surface area contributed by atoms with E-state index >= 15 is 0 Å². The predicted molar refractivity (Wildman–Crippen MR) is 76.2 cm³/mol. The molecule has 0 aromatic heterocycles. The molecule has 5 heteroatoms. The summed E-state index contributed by atoms with van der Waals surface area (Å²) in [5.41, 5.74) is 6.17. The van der Waals surface area contributed by atoms with Crippen molar-refractivity contribution in [3.63, 3.8) is 0 Å². The van der Waals surface area contributed by atoms with E-state index in [0.29, 0.717) is 12.3 Å². The molecule has 0 saturated carbocycles. The van der Waals surface area contributed by atoms with Crippen LogP contribution >= 0.6 is 31.9 Å². The molecule has 0 bridgehead atoms. The standard InChI is InChI=1S/C13H10Br2FNO/c14-9-2-4-12(10(15)6-9)18-13-3-1-8(7-17)5-11(13)16/h1-6H,7,17H2. The molecule has 0 aliphatic heterocycles. The normalized spacial score (nSPS) is 10.4. The summed E-state index contributed by atoms with van der Waals surface area (Å²) < 4.78 is 20.9. The molecule has 0 unspecified atom stereocenters. The summed E-state index contributed by atoms with van der Waals surface area (Å²) in [5.74, 6) is 0.306. The first kappa shape index (κ1) is 13.5. The minimum Gasteiger partial charge on any atom is -0.453 e. The zero-order chi connectivity index (χ0) is 13.1. The third-order valence-corrected chi connectivity index (χ3v) is 3.46. The van der Waals surface area contributed by atoms with Gasteiger partial charge in [0.1, 0.15) is 5.75 Å². The lowest BCUT2D eigenvalue weighted by atomic mass is 10.2. The molecule has 2 aromatic rings. The Labute approximate surface area is 121 Å². The summed E-state index contributed by atoms with van der Waals surface area (Å²) >= 11 is 6.70. The third kappa shape index (κ3) is 3.10. The van der Waals surface area contributed by atoms with Crippen LogP contribution in [0.2, 0.25) is 0 Å². The maximum absolute atomic E-state index is 13.7. The van der Waals surface area contributed by atoms with Crippen molar-refractivity contribution in [2.45, 2.75) is 6.54 Å². The average molecular weight is 375 g/mol. The zero-order valence-corrected chi connectivity index (χ0v) is 12.5. The van der Waals surface area contributed by atoms with Crippen molar-refractivity contribution in [1.29, 1.82) is 0 Å². The molecule has 0 atom stereocenters. The van der Waals surface area contributed by atoms with Gasteiger partial charge in [-0.3, -0.25) is 0 Å². The molecule has 94 valence electrons. The molecular weight excluding hydrogens is 365 g/mol. The van der Waals surface area contributed by atoms with Crippen LogP contribution < -0.4 is 10.5 Å². The lowest BCUT2D eigenvalue weighted by Gasteiger charge is -2.09. The highest BCUT2D eigenvalue weighted by molar-refractivity contribution is 9.11. The van der Waals surface area contributed by atoms with E-state index in [2.05, 4.69) is 31.9 Å².